The Morgan fingerprint density at radius 1 is 1.20 bits per heavy atom. The third-order valence-corrected chi connectivity index (χ3v) is 6.30. The summed E-state index contributed by atoms with van der Waals surface area (Å²) in [6.45, 7) is 6.43. The molecule has 0 aromatic rings. The Bertz CT molecular complexity index is 396. The van der Waals surface area contributed by atoms with Crippen LogP contribution in [-0.2, 0) is 9.53 Å². The molecule has 1 saturated heterocycles. The predicted molar refractivity (Wildman–Crippen MR) is 76.5 cm³/mol. The molecule has 116 valence electrons. The standard InChI is InChI=1S/C16H26O3.H2O/c1-10-6-4-5-7-11(10)13-15(2,14(17)18)9-8-12-16(13,3)19-12;/h10-13H,4-9H2,1-3H3,(H,17,18);1H2. The summed E-state index contributed by atoms with van der Waals surface area (Å²) < 4.78 is 5.96. The van der Waals surface area contributed by atoms with Crippen molar-refractivity contribution in [3.8, 4) is 0 Å². The van der Waals surface area contributed by atoms with Gasteiger partial charge >= 0.3 is 5.97 Å². The van der Waals surface area contributed by atoms with E-state index in [1.807, 2.05) is 6.92 Å². The van der Waals surface area contributed by atoms with E-state index in [9.17, 15) is 9.90 Å². The molecular weight excluding hydrogens is 256 g/mol. The summed E-state index contributed by atoms with van der Waals surface area (Å²) in [5, 5.41) is 9.78. The largest absolute Gasteiger partial charge is 0.481 e. The number of aliphatic carboxylic acids is 1. The van der Waals surface area contributed by atoms with Crippen LogP contribution in [0.3, 0.4) is 0 Å². The van der Waals surface area contributed by atoms with Crippen molar-refractivity contribution in [1.82, 2.24) is 0 Å². The van der Waals surface area contributed by atoms with E-state index in [2.05, 4.69) is 13.8 Å². The third kappa shape index (κ3) is 2.08. The minimum Gasteiger partial charge on any atom is -0.481 e. The van der Waals surface area contributed by atoms with Gasteiger partial charge in [-0.1, -0.05) is 26.2 Å². The van der Waals surface area contributed by atoms with E-state index < -0.39 is 11.4 Å². The molecule has 3 aliphatic rings. The Hall–Kier alpha value is -0.610. The second-order valence-electron chi connectivity index (χ2n) is 7.45. The highest BCUT2D eigenvalue weighted by molar-refractivity contribution is 5.75. The Balaban J connectivity index is 0.00000147. The highest BCUT2D eigenvalue weighted by atomic mass is 16.6. The molecule has 1 aliphatic heterocycles. The zero-order valence-corrected chi connectivity index (χ0v) is 12.8. The molecule has 0 amide bonds. The van der Waals surface area contributed by atoms with Crippen LogP contribution in [0.25, 0.3) is 0 Å². The molecule has 0 aromatic heterocycles. The zero-order valence-electron chi connectivity index (χ0n) is 12.8. The lowest BCUT2D eigenvalue weighted by atomic mass is 9.54. The minimum absolute atomic E-state index is 0. The molecule has 0 aromatic carbocycles. The Labute approximate surface area is 121 Å². The Morgan fingerprint density at radius 3 is 2.45 bits per heavy atom. The van der Waals surface area contributed by atoms with Crippen molar-refractivity contribution in [1.29, 1.82) is 0 Å². The van der Waals surface area contributed by atoms with E-state index in [1.165, 1.54) is 25.7 Å². The summed E-state index contributed by atoms with van der Waals surface area (Å²) in [7, 11) is 0. The van der Waals surface area contributed by atoms with Crippen molar-refractivity contribution in [3.05, 3.63) is 0 Å². The summed E-state index contributed by atoms with van der Waals surface area (Å²) >= 11 is 0. The Morgan fingerprint density at radius 2 is 1.85 bits per heavy atom. The lowest BCUT2D eigenvalue weighted by Gasteiger charge is -2.47. The van der Waals surface area contributed by atoms with Gasteiger partial charge in [-0.05, 0) is 44.9 Å². The fraction of sp³-hybridized carbons (Fsp3) is 0.938. The van der Waals surface area contributed by atoms with Gasteiger partial charge in [0, 0.05) is 5.92 Å². The fourth-order valence-electron chi connectivity index (χ4n) is 5.09. The van der Waals surface area contributed by atoms with Crippen molar-refractivity contribution in [2.24, 2.45) is 23.2 Å². The number of carboxylic acid groups (broad SMARTS) is 1. The van der Waals surface area contributed by atoms with Gasteiger partial charge in [0.2, 0.25) is 0 Å². The quantitative estimate of drug-likeness (QED) is 0.791. The van der Waals surface area contributed by atoms with Gasteiger partial charge < -0.3 is 15.3 Å². The van der Waals surface area contributed by atoms with Crippen molar-refractivity contribution in [3.63, 3.8) is 0 Å². The monoisotopic (exact) mass is 284 g/mol. The molecule has 4 nitrogen and oxygen atoms in total. The molecule has 4 heteroatoms. The van der Waals surface area contributed by atoms with Gasteiger partial charge in [-0.15, -0.1) is 0 Å². The van der Waals surface area contributed by atoms with Gasteiger partial charge in [0.25, 0.3) is 0 Å². The number of rotatable bonds is 2. The highest BCUT2D eigenvalue weighted by Crippen LogP contribution is 2.62. The number of epoxide rings is 1. The zero-order chi connectivity index (χ0) is 13.8. The SMILES string of the molecule is CC1CCCCC1C1C(C)(C(=O)O)CCC2OC21C.O. The molecule has 0 radical (unpaired) electrons. The number of carbonyl (C=O) groups is 1. The van der Waals surface area contributed by atoms with Crippen LogP contribution >= 0.6 is 0 Å². The molecule has 1 heterocycles. The maximum atomic E-state index is 11.9. The molecule has 0 bridgehead atoms. The Kier molecular flexibility index (Phi) is 3.93. The maximum Gasteiger partial charge on any atom is 0.309 e. The minimum atomic E-state index is -0.620. The first kappa shape index (κ1) is 15.8. The second kappa shape index (κ2) is 4.99. The molecule has 6 atom stereocenters. The smallest absolute Gasteiger partial charge is 0.309 e. The van der Waals surface area contributed by atoms with Crippen molar-refractivity contribution >= 4 is 5.97 Å². The number of carboxylic acids is 1. The van der Waals surface area contributed by atoms with E-state index in [0.717, 1.165) is 12.8 Å². The average Bonchev–Trinajstić information content (AvgIpc) is 3.02. The van der Waals surface area contributed by atoms with Gasteiger partial charge in [-0.3, -0.25) is 4.79 Å². The first-order chi connectivity index (χ1) is 8.89. The highest BCUT2D eigenvalue weighted by Gasteiger charge is 2.69. The van der Waals surface area contributed by atoms with Gasteiger partial charge in [0.15, 0.2) is 0 Å². The van der Waals surface area contributed by atoms with Crippen LogP contribution < -0.4 is 0 Å². The van der Waals surface area contributed by atoms with Crippen molar-refractivity contribution in [2.45, 2.75) is 71.0 Å². The van der Waals surface area contributed by atoms with Crippen LogP contribution in [0.15, 0.2) is 0 Å². The van der Waals surface area contributed by atoms with E-state index in [0.29, 0.717) is 17.9 Å². The molecule has 2 saturated carbocycles. The molecule has 6 unspecified atom stereocenters. The van der Waals surface area contributed by atoms with Gasteiger partial charge in [0.05, 0.1) is 17.1 Å². The fourth-order valence-corrected chi connectivity index (χ4v) is 5.09. The summed E-state index contributed by atoms with van der Waals surface area (Å²) in [5.74, 6) is 0.722. The number of fused-ring (bicyclic) bond motifs is 1. The molecule has 3 N–H and O–H groups in total. The number of hydrogen-bond donors (Lipinski definition) is 1. The number of hydrogen-bond acceptors (Lipinski definition) is 2. The summed E-state index contributed by atoms with van der Waals surface area (Å²) in [5.41, 5.74) is -0.764. The van der Waals surface area contributed by atoms with Crippen LogP contribution in [0.1, 0.15) is 59.3 Å². The van der Waals surface area contributed by atoms with Crippen molar-refractivity contribution < 1.29 is 20.1 Å². The van der Waals surface area contributed by atoms with E-state index >= 15 is 0 Å². The normalized spacial score (nSPS) is 50.8. The van der Waals surface area contributed by atoms with Crippen LogP contribution in [0, 0.1) is 23.2 Å². The molecular formula is C16H28O4. The van der Waals surface area contributed by atoms with Crippen molar-refractivity contribution in [2.75, 3.05) is 0 Å². The van der Waals surface area contributed by atoms with Crippen LogP contribution in [0.2, 0.25) is 0 Å². The topological polar surface area (TPSA) is 81.3 Å². The van der Waals surface area contributed by atoms with Gasteiger partial charge in [0.1, 0.15) is 0 Å². The first-order valence-corrected chi connectivity index (χ1v) is 7.81. The average molecular weight is 284 g/mol. The molecule has 3 rings (SSSR count). The second-order valence-corrected chi connectivity index (χ2v) is 7.45. The predicted octanol–water partition coefficient (Wildman–Crippen LogP) is 2.65. The molecule has 2 aliphatic carbocycles. The van der Waals surface area contributed by atoms with E-state index in [-0.39, 0.29) is 17.0 Å². The third-order valence-electron chi connectivity index (χ3n) is 6.30. The molecule has 3 fully saturated rings. The van der Waals surface area contributed by atoms with Crippen LogP contribution in [0.5, 0.6) is 0 Å². The summed E-state index contributed by atoms with van der Waals surface area (Å²) in [6.07, 6.45) is 6.99. The summed E-state index contributed by atoms with van der Waals surface area (Å²) in [4.78, 5) is 11.9. The van der Waals surface area contributed by atoms with Gasteiger partial charge in [-0.25, -0.2) is 0 Å². The van der Waals surface area contributed by atoms with E-state index in [1.54, 1.807) is 0 Å². The summed E-state index contributed by atoms with van der Waals surface area (Å²) in [6, 6.07) is 0. The van der Waals surface area contributed by atoms with Crippen LogP contribution in [0.4, 0.5) is 0 Å². The first-order valence-electron chi connectivity index (χ1n) is 7.81. The lowest BCUT2D eigenvalue weighted by Crippen LogP contribution is -2.52. The lowest BCUT2D eigenvalue weighted by molar-refractivity contribution is -0.158. The van der Waals surface area contributed by atoms with E-state index in [4.69, 9.17) is 4.74 Å². The van der Waals surface area contributed by atoms with Gasteiger partial charge in [-0.2, -0.15) is 0 Å². The number of ether oxygens (including phenoxy) is 1. The maximum absolute atomic E-state index is 11.9. The molecule has 0 spiro atoms. The molecule has 20 heavy (non-hydrogen) atoms. The van der Waals surface area contributed by atoms with Crippen LogP contribution in [-0.4, -0.2) is 28.3 Å².